The van der Waals surface area contributed by atoms with E-state index in [-0.39, 0.29) is 30.2 Å². The predicted molar refractivity (Wildman–Crippen MR) is 106 cm³/mol. The van der Waals surface area contributed by atoms with Crippen molar-refractivity contribution in [1.29, 1.82) is 0 Å². The van der Waals surface area contributed by atoms with Gasteiger partial charge in [0.2, 0.25) is 5.91 Å². The number of carbonyl (C=O) groups excluding carboxylic acids is 2. The Hall–Kier alpha value is -2.71. The van der Waals surface area contributed by atoms with Gasteiger partial charge in [0.25, 0.3) is 5.91 Å². The second-order valence-corrected chi connectivity index (χ2v) is 7.60. The van der Waals surface area contributed by atoms with E-state index in [0.29, 0.717) is 10.9 Å². The van der Waals surface area contributed by atoms with Crippen LogP contribution in [0.4, 0.5) is 10.1 Å². The first-order valence-electron chi connectivity index (χ1n) is 8.84. The average Bonchev–Trinajstić information content (AvgIpc) is 3.12. The fourth-order valence-corrected chi connectivity index (χ4v) is 3.74. The molecule has 0 radical (unpaired) electrons. The van der Waals surface area contributed by atoms with Crippen LogP contribution in [0.2, 0.25) is 0 Å². The highest BCUT2D eigenvalue weighted by Crippen LogP contribution is 2.30. The second-order valence-electron chi connectivity index (χ2n) is 6.69. The third-order valence-corrected chi connectivity index (χ3v) is 5.29. The molecule has 2 aromatic rings. The molecule has 2 aromatic carbocycles. The molecule has 2 unspecified atom stereocenters. The van der Waals surface area contributed by atoms with E-state index in [1.165, 1.54) is 17.0 Å². The Kier molecular flexibility index (Phi) is 5.15. The van der Waals surface area contributed by atoms with Crippen LogP contribution < -0.4 is 10.7 Å². The number of hydrogen-bond acceptors (Lipinski definition) is 4. The molecule has 2 atom stereocenters. The molecule has 0 aromatic heterocycles. The van der Waals surface area contributed by atoms with Gasteiger partial charge in [-0.15, -0.1) is 0 Å². The number of anilines is 1. The van der Waals surface area contributed by atoms with E-state index in [1.807, 2.05) is 30.3 Å². The molecule has 0 bridgehead atoms. The van der Waals surface area contributed by atoms with Gasteiger partial charge in [-0.3, -0.25) is 9.59 Å². The third kappa shape index (κ3) is 3.79. The van der Waals surface area contributed by atoms with Crippen LogP contribution in [-0.2, 0) is 9.59 Å². The molecule has 2 aliphatic heterocycles. The zero-order chi connectivity index (χ0) is 19.7. The van der Waals surface area contributed by atoms with Crippen LogP contribution >= 0.6 is 15.9 Å². The topological polar surface area (TPSA) is 64.7 Å². The fraction of sp³-hybridized carbons (Fsp3) is 0.200. The number of nitrogens with zero attached hydrogens (tertiary/aromatic N) is 2. The Bertz CT molecular complexity index is 937. The largest absolute Gasteiger partial charge is 0.322 e. The third-order valence-electron chi connectivity index (χ3n) is 4.80. The standard InChI is InChI=1S/C20H18BrFN4O2/c21-14-6-7-16(15(22)10-14)23-19(27)12-25-8-9-26-18(20(25)28)11-17(24-26)13-4-2-1-3-5-13/h1-10,17-18,24H,11-12H2,(H,23,27). The minimum atomic E-state index is -0.542. The first-order chi connectivity index (χ1) is 13.5. The monoisotopic (exact) mass is 444 g/mol. The first-order valence-corrected chi connectivity index (χ1v) is 9.64. The number of halogens is 2. The summed E-state index contributed by atoms with van der Waals surface area (Å²) in [6, 6.07) is 13.9. The van der Waals surface area contributed by atoms with Crippen LogP contribution in [0.25, 0.3) is 0 Å². The number of carbonyl (C=O) groups is 2. The van der Waals surface area contributed by atoms with Gasteiger partial charge in [-0.2, -0.15) is 0 Å². The number of benzene rings is 2. The van der Waals surface area contributed by atoms with Gasteiger partial charge in [0.15, 0.2) is 0 Å². The Morgan fingerprint density at radius 2 is 2.00 bits per heavy atom. The van der Waals surface area contributed by atoms with Crippen molar-refractivity contribution in [1.82, 2.24) is 15.3 Å². The van der Waals surface area contributed by atoms with Crippen molar-refractivity contribution in [3.05, 3.63) is 76.8 Å². The van der Waals surface area contributed by atoms with E-state index in [4.69, 9.17) is 0 Å². The van der Waals surface area contributed by atoms with E-state index in [1.54, 1.807) is 23.5 Å². The molecule has 1 saturated heterocycles. The van der Waals surface area contributed by atoms with E-state index in [2.05, 4.69) is 26.7 Å². The molecule has 4 rings (SSSR count). The lowest BCUT2D eigenvalue weighted by Gasteiger charge is -2.31. The van der Waals surface area contributed by atoms with Gasteiger partial charge in [0, 0.05) is 16.9 Å². The second kappa shape index (κ2) is 7.73. The van der Waals surface area contributed by atoms with E-state index in [9.17, 15) is 14.0 Å². The number of nitrogens with one attached hydrogen (secondary N) is 2. The number of hydrogen-bond donors (Lipinski definition) is 2. The summed E-state index contributed by atoms with van der Waals surface area (Å²) in [5, 5.41) is 4.29. The summed E-state index contributed by atoms with van der Waals surface area (Å²) in [7, 11) is 0. The summed E-state index contributed by atoms with van der Waals surface area (Å²) in [4.78, 5) is 26.5. The highest BCUT2D eigenvalue weighted by molar-refractivity contribution is 9.10. The summed E-state index contributed by atoms with van der Waals surface area (Å²) in [6.45, 7) is -0.175. The van der Waals surface area contributed by atoms with E-state index < -0.39 is 11.7 Å². The molecule has 144 valence electrons. The quantitative estimate of drug-likeness (QED) is 0.759. The maximum absolute atomic E-state index is 13.9. The highest BCUT2D eigenvalue weighted by Gasteiger charge is 2.40. The Labute approximate surface area is 170 Å². The van der Waals surface area contributed by atoms with Crippen molar-refractivity contribution < 1.29 is 14.0 Å². The minimum absolute atomic E-state index is 0.0328. The molecule has 2 aliphatic rings. The van der Waals surface area contributed by atoms with Gasteiger partial charge in [0.05, 0.1) is 11.7 Å². The van der Waals surface area contributed by atoms with Crippen molar-refractivity contribution >= 4 is 33.4 Å². The summed E-state index contributed by atoms with van der Waals surface area (Å²) in [5.41, 5.74) is 4.49. The molecule has 6 nitrogen and oxygen atoms in total. The predicted octanol–water partition coefficient (Wildman–Crippen LogP) is 3.16. The van der Waals surface area contributed by atoms with Gasteiger partial charge in [-0.05, 0) is 30.2 Å². The number of hydrazine groups is 1. The summed E-state index contributed by atoms with van der Waals surface area (Å²) >= 11 is 3.17. The van der Waals surface area contributed by atoms with Gasteiger partial charge in [0.1, 0.15) is 18.4 Å². The molecule has 0 aliphatic carbocycles. The summed E-state index contributed by atoms with van der Waals surface area (Å²) < 4.78 is 14.5. The highest BCUT2D eigenvalue weighted by atomic mass is 79.9. The lowest BCUT2D eigenvalue weighted by atomic mass is 10.0. The van der Waals surface area contributed by atoms with Crippen molar-refractivity contribution in [3.63, 3.8) is 0 Å². The first kappa shape index (κ1) is 18.6. The van der Waals surface area contributed by atoms with Crippen molar-refractivity contribution in [2.45, 2.75) is 18.5 Å². The molecule has 2 N–H and O–H groups in total. The van der Waals surface area contributed by atoms with Gasteiger partial charge in [-0.25, -0.2) is 9.82 Å². The van der Waals surface area contributed by atoms with Crippen LogP contribution in [0.15, 0.2) is 65.4 Å². The molecular weight excluding hydrogens is 427 g/mol. The van der Waals surface area contributed by atoms with E-state index in [0.717, 1.165) is 5.56 Å². The maximum atomic E-state index is 13.9. The van der Waals surface area contributed by atoms with Gasteiger partial charge < -0.3 is 15.2 Å². The Morgan fingerprint density at radius 3 is 2.75 bits per heavy atom. The van der Waals surface area contributed by atoms with Crippen molar-refractivity contribution in [2.75, 3.05) is 11.9 Å². The summed E-state index contributed by atoms with van der Waals surface area (Å²) in [5.74, 6) is -1.17. The molecule has 2 heterocycles. The minimum Gasteiger partial charge on any atom is -0.322 e. The zero-order valence-electron chi connectivity index (χ0n) is 14.8. The molecular formula is C20H18BrFN4O2. The number of amides is 2. The Balaban J connectivity index is 1.40. The van der Waals surface area contributed by atoms with Gasteiger partial charge in [-0.1, -0.05) is 46.3 Å². The fourth-order valence-electron chi connectivity index (χ4n) is 3.41. The van der Waals surface area contributed by atoms with Crippen LogP contribution in [0.1, 0.15) is 18.0 Å². The maximum Gasteiger partial charge on any atom is 0.251 e. The van der Waals surface area contributed by atoms with Crippen LogP contribution in [0, 0.1) is 5.82 Å². The van der Waals surface area contributed by atoms with Gasteiger partial charge >= 0.3 is 0 Å². The molecule has 1 fully saturated rings. The Morgan fingerprint density at radius 1 is 1.21 bits per heavy atom. The van der Waals surface area contributed by atoms with Crippen molar-refractivity contribution in [3.8, 4) is 0 Å². The smallest absolute Gasteiger partial charge is 0.251 e. The molecule has 0 spiro atoms. The zero-order valence-corrected chi connectivity index (χ0v) is 16.4. The van der Waals surface area contributed by atoms with Crippen LogP contribution in [0.5, 0.6) is 0 Å². The summed E-state index contributed by atoms with van der Waals surface area (Å²) in [6.07, 6.45) is 3.92. The molecule has 2 amide bonds. The SMILES string of the molecule is O=C(CN1C=CN2NC(c3ccccc3)CC2C1=O)Nc1ccc(Br)cc1F. The average molecular weight is 445 g/mol. The normalized spacial score (nSPS) is 21.0. The lowest BCUT2D eigenvalue weighted by molar-refractivity contribution is -0.137. The number of fused-ring (bicyclic) bond motifs is 1. The van der Waals surface area contributed by atoms with E-state index >= 15 is 0 Å². The molecule has 28 heavy (non-hydrogen) atoms. The van der Waals surface area contributed by atoms with Crippen molar-refractivity contribution in [2.24, 2.45) is 0 Å². The number of rotatable bonds is 4. The lowest BCUT2D eigenvalue weighted by Crippen LogP contribution is -2.49. The van der Waals surface area contributed by atoms with Crippen LogP contribution in [0.3, 0.4) is 0 Å². The molecule has 8 heteroatoms. The van der Waals surface area contributed by atoms with Crippen LogP contribution in [-0.4, -0.2) is 34.3 Å². The molecule has 0 saturated carbocycles.